The summed E-state index contributed by atoms with van der Waals surface area (Å²) in [6.45, 7) is 3.27. The van der Waals surface area contributed by atoms with Gasteiger partial charge in [-0.3, -0.25) is 9.78 Å². The van der Waals surface area contributed by atoms with Crippen LogP contribution in [0.5, 0.6) is 5.75 Å². The molecule has 0 radical (unpaired) electrons. The van der Waals surface area contributed by atoms with Gasteiger partial charge < -0.3 is 20.3 Å². The molecule has 1 aromatic heterocycles. The second kappa shape index (κ2) is 8.69. The minimum Gasteiger partial charge on any atom is -0.495 e. The predicted octanol–water partition coefficient (Wildman–Crippen LogP) is 3.09. The molecule has 7 heteroatoms. The zero-order valence-corrected chi connectivity index (χ0v) is 15.6. The highest BCUT2D eigenvalue weighted by molar-refractivity contribution is 6.31. The largest absolute Gasteiger partial charge is 0.495 e. The van der Waals surface area contributed by atoms with Crippen LogP contribution < -0.4 is 15.4 Å². The van der Waals surface area contributed by atoms with Crippen LogP contribution in [-0.2, 0) is 0 Å². The van der Waals surface area contributed by atoms with E-state index in [0.29, 0.717) is 28.6 Å². The zero-order chi connectivity index (χ0) is 18.4. The van der Waals surface area contributed by atoms with Gasteiger partial charge in [0.25, 0.3) is 5.91 Å². The van der Waals surface area contributed by atoms with E-state index in [0.717, 1.165) is 17.8 Å². The van der Waals surface area contributed by atoms with Crippen LogP contribution >= 0.6 is 11.6 Å². The number of nitrogens with zero attached hydrogens (tertiary/aromatic N) is 2. The fourth-order valence-corrected chi connectivity index (χ4v) is 2.37. The van der Waals surface area contributed by atoms with Crippen LogP contribution in [0.2, 0.25) is 5.02 Å². The van der Waals surface area contributed by atoms with Crippen molar-refractivity contribution in [3.63, 3.8) is 0 Å². The molecule has 1 amide bonds. The van der Waals surface area contributed by atoms with E-state index < -0.39 is 0 Å². The fourth-order valence-electron chi connectivity index (χ4n) is 2.21. The van der Waals surface area contributed by atoms with Crippen molar-refractivity contribution in [2.75, 3.05) is 39.6 Å². The number of likely N-dealkylation sites (N-methyl/N-ethyl adjacent to an activating group) is 1. The van der Waals surface area contributed by atoms with Gasteiger partial charge in [-0.25, -0.2) is 0 Å². The summed E-state index contributed by atoms with van der Waals surface area (Å²) in [5.41, 5.74) is 2.88. The number of aryl methyl sites for hydroxylation is 1. The molecule has 25 heavy (non-hydrogen) atoms. The summed E-state index contributed by atoms with van der Waals surface area (Å²) in [6, 6.07) is 5.40. The summed E-state index contributed by atoms with van der Waals surface area (Å²) < 4.78 is 5.36. The summed E-state index contributed by atoms with van der Waals surface area (Å²) in [6.07, 6.45) is 3.19. The molecule has 0 bridgehead atoms. The molecule has 0 saturated heterocycles. The average molecular weight is 363 g/mol. The van der Waals surface area contributed by atoms with E-state index in [1.165, 1.54) is 0 Å². The molecule has 0 saturated carbocycles. The second-order valence-electron chi connectivity index (χ2n) is 5.95. The smallest absolute Gasteiger partial charge is 0.252 e. The van der Waals surface area contributed by atoms with Gasteiger partial charge in [-0.15, -0.1) is 0 Å². The highest BCUT2D eigenvalue weighted by Gasteiger charge is 2.10. The molecule has 0 aliphatic rings. The molecule has 1 heterocycles. The lowest BCUT2D eigenvalue weighted by molar-refractivity contribution is 0.0950. The Morgan fingerprint density at radius 1 is 1.28 bits per heavy atom. The Kier molecular flexibility index (Phi) is 6.61. The van der Waals surface area contributed by atoms with Crippen LogP contribution in [0, 0.1) is 6.92 Å². The first kappa shape index (κ1) is 19.0. The number of carbonyl (C=O) groups excluding carboxylic acids is 1. The first-order valence-electron chi connectivity index (χ1n) is 7.90. The maximum absolute atomic E-state index is 12.2. The second-order valence-corrected chi connectivity index (χ2v) is 6.36. The molecule has 0 spiro atoms. The number of rotatable bonds is 7. The van der Waals surface area contributed by atoms with Crippen molar-refractivity contribution in [2.24, 2.45) is 0 Å². The van der Waals surface area contributed by atoms with E-state index in [2.05, 4.69) is 15.6 Å². The molecule has 0 atom stereocenters. The number of amides is 1. The van der Waals surface area contributed by atoms with Gasteiger partial charge in [0, 0.05) is 30.4 Å². The number of carbonyl (C=O) groups is 1. The highest BCUT2D eigenvalue weighted by Crippen LogP contribution is 2.33. The third-order valence-corrected chi connectivity index (χ3v) is 4.01. The van der Waals surface area contributed by atoms with Crippen LogP contribution in [0.15, 0.2) is 30.6 Å². The van der Waals surface area contributed by atoms with Gasteiger partial charge in [-0.05, 0) is 38.7 Å². The molecule has 0 unspecified atom stereocenters. The van der Waals surface area contributed by atoms with Crippen molar-refractivity contribution < 1.29 is 9.53 Å². The molecule has 2 rings (SSSR count). The van der Waals surface area contributed by atoms with Gasteiger partial charge >= 0.3 is 0 Å². The van der Waals surface area contributed by atoms with Gasteiger partial charge in [-0.1, -0.05) is 11.6 Å². The first-order chi connectivity index (χ1) is 11.9. The van der Waals surface area contributed by atoms with E-state index in [-0.39, 0.29) is 5.91 Å². The van der Waals surface area contributed by atoms with Gasteiger partial charge in [0.1, 0.15) is 5.75 Å². The van der Waals surface area contributed by atoms with Crippen LogP contribution in [0.3, 0.4) is 0 Å². The number of aromatic nitrogens is 1. The third-order valence-electron chi connectivity index (χ3n) is 3.60. The molecular weight excluding hydrogens is 340 g/mol. The van der Waals surface area contributed by atoms with Gasteiger partial charge in [0.2, 0.25) is 0 Å². The Morgan fingerprint density at radius 3 is 2.72 bits per heavy atom. The molecule has 134 valence electrons. The summed E-state index contributed by atoms with van der Waals surface area (Å²) >= 11 is 6.13. The molecule has 1 aromatic carbocycles. The molecule has 0 aliphatic heterocycles. The topological polar surface area (TPSA) is 66.5 Å². The summed E-state index contributed by atoms with van der Waals surface area (Å²) in [7, 11) is 5.50. The van der Waals surface area contributed by atoms with E-state index in [1.807, 2.05) is 32.0 Å². The van der Waals surface area contributed by atoms with Crippen LogP contribution in [-0.4, -0.2) is 50.1 Å². The van der Waals surface area contributed by atoms with Crippen LogP contribution in [0.1, 0.15) is 15.9 Å². The number of hydrogen-bond donors (Lipinski definition) is 2. The van der Waals surface area contributed by atoms with Crippen molar-refractivity contribution in [1.29, 1.82) is 0 Å². The molecule has 2 aromatic rings. The standard InChI is InChI=1S/C18H23ClN4O2/c1-12-7-16(17(25-4)9-15(12)19)22-14-8-13(10-20-11-14)18(24)21-5-6-23(2)3/h7-11,22H,5-6H2,1-4H3,(H,21,24). The predicted molar refractivity (Wildman–Crippen MR) is 101 cm³/mol. The number of hydrogen-bond acceptors (Lipinski definition) is 5. The number of benzene rings is 1. The molecule has 0 aliphatic carbocycles. The van der Waals surface area contributed by atoms with Gasteiger partial charge in [-0.2, -0.15) is 0 Å². The number of halogens is 1. The lowest BCUT2D eigenvalue weighted by Gasteiger charge is -2.14. The summed E-state index contributed by atoms with van der Waals surface area (Å²) in [5, 5.41) is 6.73. The summed E-state index contributed by atoms with van der Waals surface area (Å²) in [4.78, 5) is 18.4. The lowest BCUT2D eigenvalue weighted by Crippen LogP contribution is -2.31. The number of methoxy groups -OCH3 is 1. The highest BCUT2D eigenvalue weighted by atomic mass is 35.5. The van der Waals surface area contributed by atoms with Gasteiger partial charge in [0.05, 0.1) is 30.2 Å². The number of ether oxygens (including phenoxy) is 1. The minimum absolute atomic E-state index is 0.155. The zero-order valence-electron chi connectivity index (χ0n) is 14.9. The van der Waals surface area contributed by atoms with Gasteiger partial charge in [0.15, 0.2) is 0 Å². The number of pyridine rings is 1. The Hall–Kier alpha value is -2.31. The SMILES string of the molecule is COc1cc(Cl)c(C)cc1Nc1cncc(C(=O)NCCN(C)C)c1. The number of anilines is 2. The monoisotopic (exact) mass is 362 g/mol. The summed E-state index contributed by atoms with van der Waals surface area (Å²) in [5.74, 6) is 0.466. The molecule has 0 fully saturated rings. The van der Waals surface area contributed by atoms with Crippen molar-refractivity contribution in [3.05, 3.63) is 46.7 Å². The Bertz CT molecular complexity index is 750. The average Bonchev–Trinajstić information content (AvgIpc) is 2.57. The maximum Gasteiger partial charge on any atom is 0.252 e. The van der Waals surface area contributed by atoms with Crippen LogP contribution in [0.25, 0.3) is 0 Å². The first-order valence-corrected chi connectivity index (χ1v) is 8.27. The Balaban J connectivity index is 2.14. The Morgan fingerprint density at radius 2 is 2.04 bits per heavy atom. The molecular formula is C18H23ClN4O2. The fraction of sp³-hybridized carbons (Fsp3) is 0.333. The van der Waals surface area contributed by atoms with E-state index in [9.17, 15) is 4.79 Å². The molecule has 6 nitrogen and oxygen atoms in total. The maximum atomic E-state index is 12.2. The number of nitrogens with one attached hydrogen (secondary N) is 2. The molecule has 2 N–H and O–H groups in total. The third kappa shape index (κ3) is 5.34. The quantitative estimate of drug-likeness (QED) is 0.792. The van der Waals surface area contributed by atoms with E-state index >= 15 is 0 Å². The normalized spacial score (nSPS) is 10.6. The van der Waals surface area contributed by atoms with Crippen LogP contribution in [0.4, 0.5) is 11.4 Å². The Labute approximate surface area is 153 Å². The van der Waals surface area contributed by atoms with Crippen molar-refractivity contribution in [2.45, 2.75) is 6.92 Å². The van der Waals surface area contributed by atoms with E-state index in [4.69, 9.17) is 16.3 Å². The minimum atomic E-state index is -0.155. The van der Waals surface area contributed by atoms with E-state index in [1.54, 1.807) is 31.6 Å². The lowest BCUT2D eigenvalue weighted by atomic mass is 10.2. The van der Waals surface area contributed by atoms with Crippen molar-refractivity contribution in [1.82, 2.24) is 15.2 Å². The van der Waals surface area contributed by atoms with Crippen molar-refractivity contribution >= 4 is 28.9 Å². The van der Waals surface area contributed by atoms with Crippen molar-refractivity contribution in [3.8, 4) is 5.75 Å².